The summed E-state index contributed by atoms with van der Waals surface area (Å²) in [6.07, 6.45) is -0.0927. The average Bonchev–Trinajstić information content (AvgIpc) is 2.45. The Morgan fingerprint density at radius 2 is 2.14 bits per heavy atom. The van der Waals surface area contributed by atoms with E-state index in [4.69, 9.17) is 16.3 Å². The summed E-state index contributed by atoms with van der Waals surface area (Å²) in [4.78, 5) is 0. The SMILES string of the molecule is CC1(C)C(O)CC1NCC(O)COCc1ccccc1Cl. The lowest BCUT2D eigenvalue weighted by molar-refractivity contribution is -0.0768. The lowest BCUT2D eigenvalue weighted by Crippen LogP contribution is -2.61. The number of hydrogen-bond donors (Lipinski definition) is 3. The first-order chi connectivity index (χ1) is 9.91. The molecule has 3 atom stereocenters. The van der Waals surface area contributed by atoms with Crippen molar-refractivity contribution in [1.29, 1.82) is 0 Å². The van der Waals surface area contributed by atoms with E-state index in [9.17, 15) is 10.2 Å². The van der Waals surface area contributed by atoms with E-state index in [2.05, 4.69) is 5.32 Å². The van der Waals surface area contributed by atoms with Crippen molar-refractivity contribution < 1.29 is 14.9 Å². The maximum absolute atomic E-state index is 9.92. The first kappa shape index (κ1) is 16.7. The van der Waals surface area contributed by atoms with E-state index in [0.29, 0.717) is 18.2 Å². The van der Waals surface area contributed by atoms with Crippen molar-refractivity contribution in [1.82, 2.24) is 5.32 Å². The molecule has 1 fully saturated rings. The molecule has 1 saturated carbocycles. The van der Waals surface area contributed by atoms with E-state index < -0.39 is 6.10 Å². The first-order valence-corrected chi connectivity index (χ1v) is 7.69. The molecular weight excluding hydrogens is 290 g/mol. The number of benzene rings is 1. The molecule has 1 aliphatic carbocycles. The fraction of sp³-hybridized carbons (Fsp3) is 0.625. The molecular formula is C16H24ClNO3. The highest BCUT2D eigenvalue weighted by Crippen LogP contribution is 2.40. The molecule has 1 aromatic rings. The van der Waals surface area contributed by atoms with Crippen LogP contribution in [0.2, 0.25) is 5.02 Å². The fourth-order valence-electron chi connectivity index (χ4n) is 2.51. The van der Waals surface area contributed by atoms with E-state index in [1.807, 2.05) is 38.1 Å². The Morgan fingerprint density at radius 3 is 2.76 bits per heavy atom. The number of nitrogens with one attached hydrogen (secondary N) is 1. The Kier molecular flexibility index (Phi) is 5.63. The molecule has 2 rings (SSSR count). The molecule has 118 valence electrons. The monoisotopic (exact) mass is 313 g/mol. The number of rotatable bonds is 7. The van der Waals surface area contributed by atoms with Crippen molar-refractivity contribution in [3.63, 3.8) is 0 Å². The Bertz CT molecular complexity index is 467. The smallest absolute Gasteiger partial charge is 0.0897 e. The highest BCUT2D eigenvalue weighted by atomic mass is 35.5. The van der Waals surface area contributed by atoms with Crippen molar-refractivity contribution in [2.24, 2.45) is 5.41 Å². The maximum atomic E-state index is 9.92. The zero-order valence-electron chi connectivity index (χ0n) is 12.6. The minimum Gasteiger partial charge on any atom is -0.392 e. The Hall–Kier alpha value is -0.650. The third kappa shape index (κ3) is 4.18. The average molecular weight is 314 g/mol. The van der Waals surface area contributed by atoms with Gasteiger partial charge in [0.2, 0.25) is 0 Å². The molecule has 0 aromatic heterocycles. The van der Waals surface area contributed by atoms with Crippen molar-refractivity contribution >= 4 is 11.6 Å². The van der Waals surface area contributed by atoms with Crippen LogP contribution in [-0.4, -0.2) is 41.6 Å². The van der Waals surface area contributed by atoms with E-state index >= 15 is 0 Å². The number of aliphatic hydroxyl groups excluding tert-OH is 2. The predicted molar refractivity (Wildman–Crippen MR) is 83.3 cm³/mol. The second-order valence-corrected chi connectivity index (χ2v) is 6.70. The molecule has 0 heterocycles. The van der Waals surface area contributed by atoms with Crippen LogP contribution in [0.25, 0.3) is 0 Å². The van der Waals surface area contributed by atoms with Gasteiger partial charge < -0.3 is 20.3 Å². The van der Waals surface area contributed by atoms with Gasteiger partial charge in [-0.1, -0.05) is 43.6 Å². The molecule has 0 saturated heterocycles. The number of aliphatic hydroxyl groups is 2. The van der Waals surface area contributed by atoms with Gasteiger partial charge in [0, 0.05) is 23.0 Å². The normalized spacial score (nSPS) is 25.4. The summed E-state index contributed by atoms with van der Waals surface area (Å²) in [6.45, 7) is 5.17. The van der Waals surface area contributed by atoms with Gasteiger partial charge in [-0.2, -0.15) is 0 Å². The molecule has 3 unspecified atom stereocenters. The minimum absolute atomic E-state index is 0.127. The fourth-order valence-corrected chi connectivity index (χ4v) is 2.70. The minimum atomic E-state index is -0.568. The first-order valence-electron chi connectivity index (χ1n) is 7.32. The topological polar surface area (TPSA) is 61.7 Å². The standard InChI is InChI=1S/C16H24ClNO3/c1-16(2)14(7-15(16)20)18-8-12(19)10-21-9-11-5-3-4-6-13(11)17/h3-6,12,14-15,18-20H,7-10H2,1-2H3. The second-order valence-electron chi connectivity index (χ2n) is 6.29. The van der Waals surface area contributed by atoms with Crippen LogP contribution < -0.4 is 5.32 Å². The number of ether oxygens (including phenoxy) is 1. The van der Waals surface area contributed by atoms with Crippen LogP contribution in [0.15, 0.2) is 24.3 Å². The molecule has 1 aromatic carbocycles. The van der Waals surface area contributed by atoms with Crippen LogP contribution in [0.1, 0.15) is 25.8 Å². The summed E-state index contributed by atoms with van der Waals surface area (Å²) < 4.78 is 5.50. The third-order valence-corrected chi connectivity index (χ3v) is 4.71. The zero-order valence-corrected chi connectivity index (χ0v) is 13.3. The van der Waals surface area contributed by atoms with Crippen molar-refractivity contribution in [3.05, 3.63) is 34.9 Å². The lowest BCUT2D eigenvalue weighted by Gasteiger charge is -2.49. The molecule has 5 heteroatoms. The van der Waals surface area contributed by atoms with E-state index in [0.717, 1.165) is 12.0 Å². The van der Waals surface area contributed by atoms with Gasteiger partial charge in [0.1, 0.15) is 0 Å². The van der Waals surface area contributed by atoms with Crippen LogP contribution in [0.3, 0.4) is 0 Å². The summed E-state index contributed by atoms with van der Waals surface area (Å²) in [5.74, 6) is 0. The Labute approximate surface area is 131 Å². The van der Waals surface area contributed by atoms with Crippen LogP contribution >= 0.6 is 11.6 Å². The van der Waals surface area contributed by atoms with E-state index in [1.165, 1.54) is 0 Å². The summed E-state index contributed by atoms with van der Waals surface area (Å²) in [6, 6.07) is 7.75. The zero-order chi connectivity index (χ0) is 15.5. The second kappa shape index (κ2) is 7.07. The van der Waals surface area contributed by atoms with Gasteiger partial charge >= 0.3 is 0 Å². The van der Waals surface area contributed by atoms with Gasteiger partial charge in [-0.15, -0.1) is 0 Å². The molecule has 0 bridgehead atoms. The summed E-state index contributed by atoms with van der Waals surface area (Å²) in [5, 5.41) is 23.5. The molecule has 0 aliphatic heterocycles. The maximum Gasteiger partial charge on any atom is 0.0897 e. The molecule has 21 heavy (non-hydrogen) atoms. The quantitative estimate of drug-likeness (QED) is 0.720. The van der Waals surface area contributed by atoms with E-state index in [1.54, 1.807) is 0 Å². The Balaban J connectivity index is 1.64. The van der Waals surface area contributed by atoms with Crippen LogP contribution in [0.5, 0.6) is 0 Å². The molecule has 4 nitrogen and oxygen atoms in total. The van der Waals surface area contributed by atoms with Crippen molar-refractivity contribution in [3.8, 4) is 0 Å². The summed E-state index contributed by atoms with van der Waals surface area (Å²) >= 11 is 6.04. The van der Waals surface area contributed by atoms with Crippen LogP contribution in [0.4, 0.5) is 0 Å². The molecule has 0 amide bonds. The van der Waals surface area contributed by atoms with Crippen molar-refractivity contribution in [2.45, 2.75) is 45.1 Å². The lowest BCUT2D eigenvalue weighted by atomic mass is 9.64. The molecule has 0 spiro atoms. The predicted octanol–water partition coefficient (Wildman–Crippen LogP) is 1.97. The summed E-state index contributed by atoms with van der Waals surface area (Å²) in [5.41, 5.74) is 0.792. The van der Waals surface area contributed by atoms with Gasteiger partial charge in [0.25, 0.3) is 0 Å². The largest absolute Gasteiger partial charge is 0.392 e. The van der Waals surface area contributed by atoms with E-state index in [-0.39, 0.29) is 24.2 Å². The van der Waals surface area contributed by atoms with Crippen LogP contribution in [-0.2, 0) is 11.3 Å². The molecule has 3 N–H and O–H groups in total. The highest BCUT2D eigenvalue weighted by Gasteiger charge is 2.46. The molecule has 0 radical (unpaired) electrons. The van der Waals surface area contributed by atoms with Gasteiger partial charge in [0.15, 0.2) is 0 Å². The third-order valence-electron chi connectivity index (χ3n) is 4.34. The van der Waals surface area contributed by atoms with Gasteiger partial charge in [0.05, 0.1) is 25.4 Å². The Morgan fingerprint density at radius 1 is 1.43 bits per heavy atom. The van der Waals surface area contributed by atoms with Gasteiger partial charge in [-0.25, -0.2) is 0 Å². The van der Waals surface area contributed by atoms with Crippen LogP contribution in [0, 0.1) is 5.41 Å². The summed E-state index contributed by atoms with van der Waals surface area (Å²) in [7, 11) is 0. The van der Waals surface area contributed by atoms with Gasteiger partial charge in [-0.05, 0) is 18.1 Å². The molecule has 1 aliphatic rings. The number of halogens is 1. The van der Waals surface area contributed by atoms with Crippen molar-refractivity contribution in [2.75, 3.05) is 13.2 Å². The number of hydrogen-bond acceptors (Lipinski definition) is 4. The highest BCUT2D eigenvalue weighted by molar-refractivity contribution is 6.31. The van der Waals surface area contributed by atoms with Gasteiger partial charge in [-0.3, -0.25) is 0 Å².